The second kappa shape index (κ2) is 5.03. The molecule has 0 aromatic heterocycles. The molecule has 0 aromatic rings. The summed E-state index contributed by atoms with van der Waals surface area (Å²) in [6, 6.07) is 2.23. The van der Waals surface area contributed by atoms with Crippen LogP contribution in [-0.4, -0.2) is 55.1 Å². The van der Waals surface area contributed by atoms with Gasteiger partial charge in [0.05, 0.1) is 0 Å². The average Bonchev–Trinajstić information content (AvgIpc) is 2.85. The lowest BCUT2D eigenvalue weighted by molar-refractivity contribution is 0.145. The van der Waals surface area contributed by atoms with Gasteiger partial charge in [0, 0.05) is 24.7 Å². The van der Waals surface area contributed by atoms with Crippen LogP contribution in [0.3, 0.4) is 0 Å². The third kappa shape index (κ3) is 2.27. The monoisotopic (exact) mass is 225 g/mol. The van der Waals surface area contributed by atoms with E-state index in [1.165, 1.54) is 32.2 Å². The van der Waals surface area contributed by atoms with Crippen LogP contribution in [0, 0.1) is 5.92 Å². The van der Waals surface area contributed by atoms with Crippen LogP contribution in [0.25, 0.3) is 0 Å². The molecule has 1 heterocycles. The largest absolute Gasteiger partial charge is 0.330 e. The van der Waals surface area contributed by atoms with E-state index in [0.717, 1.165) is 30.6 Å². The fourth-order valence-corrected chi connectivity index (χ4v) is 3.55. The Kier molecular flexibility index (Phi) is 3.88. The highest BCUT2D eigenvalue weighted by Gasteiger charge is 2.36. The minimum Gasteiger partial charge on any atom is -0.330 e. The first kappa shape index (κ1) is 12.3. The van der Waals surface area contributed by atoms with Gasteiger partial charge in [0.25, 0.3) is 0 Å². The molecule has 2 rings (SSSR count). The molecule has 94 valence electrons. The second-order valence-corrected chi connectivity index (χ2v) is 5.84. The van der Waals surface area contributed by atoms with Crippen molar-refractivity contribution in [2.24, 2.45) is 11.7 Å². The quantitative estimate of drug-likeness (QED) is 0.782. The number of likely N-dealkylation sites (tertiary alicyclic amines) is 1. The SMILES string of the molecule is CC1CC(N(C)C2CCCC2CN)CN1C. The summed E-state index contributed by atoms with van der Waals surface area (Å²) in [4.78, 5) is 5.11. The molecule has 2 N–H and O–H groups in total. The molecular formula is C13H27N3. The van der Waals surface area contributed by atoms with Gasteiger partial charge in [-0.15, -0.1) is 0 Å². The Morgan fingerprint density at radius 2 is 2.12 bits per heavy atom. The van der Waals surface area contributed by atoms with Crippen molar-refractivity contribution in [3.63, 3.8) is 0 Å². The minimum atomic E-state index is 0.741. The molecule has 1 aliphatic carbocycles. The maximum atomic E-state index is 5.88. The van der Waals surface area contributed by atoms with Crippen molar-refractivity contribution >= 4 is 0 Å². The van der Waals surface area contributed by atoms with Crippen molar-refractivity contribution in [1.82, 2.24) is 9.80 Å². The lowest BCUT2D eigenvalue weighted by atomic mass is 10.0. The van der Waals surface area contributed by atoms with Crippen molar-refractivity contribution in [2.75, 3.05) is 27.2 Å². The highest BCUT2D eigenvalue weighted by molar-refractivity contribution is 4.92. The molecule has 0 spiro atoms. The predicted octanol–water partition coefficient (Wildman–Crippen LogP) is 1.14. The zero-order valence-electron chi connectivity index (χ0n) is 11.0. The molecule has 1 aliphatic heterocycles. The van der Waals surface area contributed by atoms with E-state index < -0.39 is 0 Å². The van der Waals surface area contributed by atoms with Gasteiger partial charge < -0.3 is 10.6 Å². The third-order valence-corrected chi connectivity index (χ3v) is 4.89. The number of hydrogen-bond acceptors (Lipinski definition) is 3. The Labute approximate surface area is 100.0 Å². The van der Waals surface area contributed by atoms with Gasteiger partial charge in [-0.1, -0.05) is 6.42 Å². The summed E-state index contributed by atoms with van der Waals surface area (Å²) in [5.74, 6) is 0.742. The molecule has 4 atom stereocenters. The van der Waals surface area contributed by atoms with Crippen LogP contribution in [0.1, 0.15) is 32.6 Å². The van der Waals surface area contributed by atoms with Crippen LogP contribution in [0.15, 0.2) is 0 Å². The van der Waals surface area contributed by atoms with E-state index in [0.29, 0.717) is 0 Å². The van der Waals surface area contributed by atoms with Crippen molar-refractivity contribution in [3.05, 3.63) is 0 Å². The van der Waals surface area contributed by atoms with E-state index >= 15 is 0 Å². The third-order valence-electron chi connectivity index (χ3n) is 4.89. The van der Waals surface area contributed by atoms with Crippen molar-refractivity contribution in [2.45, 2.75) is 50.7 Å². The van der Waals surface area contributed by atoms with Crippen LogP contribution in [0.4, 0.5) is 0 Å². The van der Waals surface area contributed by atoms with Gasteiger partial charge in [0.15, 0.2) is 0 Å². The number of nitrogens with two attached hydrogens (primary N) is 1. The molecular weight excluding hydrogens is 198 g/mol. The van der Waals surface area contributed by atoms with E-state index in [1.54, 1.807) is 0 Å². The molecule has 2 fully saturated rings. The van der Waals surface area contributed by atoms with E-state index in [9.17, 15) is 0 Å². The van der Waals surface area contributed by atoms with Gasteiger partial charge in [0.1, 0.15) is 0 Å². The molecule has 16 heavy (non-hydrogen) atoms. The van der Waals surface area contributed by atoms with Gasteiger partial charge in [-0.3, -0.25) is 4.90 Å². The molecule has 3 heteroatoms. The summed E-state index contributed by atoms with van der Waals surface area (Å²) in [5, 5.41) is 0. The Bertz CT molecular complexity index is 221. The molecule has 0 aromatic carbocycles. The fourth-order valence-electron chi connectivity index (χ4n) is 3.55. The molecule has 0 bridgehead atoms. The van der Waals surface area contributed by atoms with Crippen LogP contribution in [-0.2, 0) is 0 Å². The lowest BCUT2D eigenvalue weighted by Gasteiger charge is -2.34. The standard InChI is InChI=1S/C13H27N3/c1-10-7-12(9-15(10)2)16(3)13-6-4-5-11(13)8-14/h10-13H,4-9,14H2,1-3H3. The second-order valence-electron chi connectivity index (χ2n) is 5.84. The maximum absolute atomic E-state index is 5.88. The first-order chi connectivity index (χ1) is 7.63. The molecule has 0 amide bonds. The van der Waals surface area contributed by atoms with Gasteiger partial charge >= 0.3 is 0 Å². The van der Waals surface area contributed by atoms with Gasteiger partial charge in [-0.25, -0.2) is 0 Å². The topological polar surface area (TPSA) is 32.5 Å². The molecule has 1 saturated carbocycles. The fraction of sp³-hybridized carbons (Fsp3) is 1.00. The molecule has 3 nitrogen and oxygen atoms in total. The van der Waals surface area contributed by atoms with Crippen LogP contribution in [0.2, 0.25) is 0 Å². The summed E-state index contributed by atoms with van der Waals surface area (Å²) < 4.78 is 0. The van der Waals surface area contributed by atoms with E-state index in [4.69, 9.17) is 5.73 Å². The molecule has 0 radical (unpaired) electrons. The zero-order chi connectivity index (χ0) is 11.7. The van der Waals surface area contributed by atoms with Crippen LogP contribution >= 0.6 is 0 Å². The van der Waals surface area contributed by atoms with Crippen molar-refractivity contribution in [3.8, 4) is 0 Å². The summed E-state index contributed by atoms with van der Waals surface area (Å²) in [5.41, 5.74) is 5.88. The summed E-state index contributed by atoms with van der Waals surface area (Å²) >= 11 is 0. The van der Waals surface area contributed by atoms with Crippen molar-refractivity contribution < 1.29 is 0 Å². The molecule has 2 aliphatic rings. The smallest absolute Gasteiger partial charge is 0.0237 e. The Morgan fingerprint density at radius 3 is 2.69 bits per heavy atom. The highest BCUT2D eigenvalue weighted by atomic mass is 15.3. The summed E-state index contributed by atoms with van der Waals surface area (Å²) in [6.07, 6.45) is 5.38. The summed E-state index contributed by atoms with van der Waals surface area (Å²) in [6.45, 7) is 4.43. The number of nitrogens with zero attached hydrogens (tertiary/aromatic N) is 2. The number of likely N-dealkylation sites (N-methyl/N-ethyl adjacent to an activating group) is 2. The number of rotatable bonds is 3. The van der Waals surface area contributed by atoms with Crippen LogP contribution in [0.5, 0.6) is 0 Å². The Balaban J connectivity index is 1.94. The zero-order valence-corrected chi connectivity index (χ0v) is 11.0. The number of hydrogen-bond donors (Lipinski definition) is 1. The molecule has 4 unspecified atom stereocenters. The predicted molar refractivity (Wildman–Crippen MR) is 68.4 cm³/mol. The van der Waals surface area contributed by atoms with Crippen molar-refractivity contribution in [1.29, 1.82) is 0 Å². The Morgan fingerprint density at radius 1 is 1.38 bits per heavy atom. The highest BCUT2D eigenvalue weighted by Crippen LogP contribution is 2.32. The van der Waals surface area contributed by atoms with E-state index in [-0.39, 0.29) is 0 Å². The Hall–Kier alpha value is -0.120. The van der Waals surface area contributed by atoms with Gasteiger partial charge in [0.2, 0.25) is 0 Å². The van der Waals surface area contributed by atoms with Crippen LogP contribution < -0.4 is 5.73 Å². The maximum Gasteiger partial charge on any atom is 0.0237 e. The molecule has 1 saturated heterocycles. The first-order valence-corrected chi connectivity index (χ1v) is 6.75. The first-order valence-electron chi connectivity index (χ1n) is 6.75. The van der Waals surface area contributed by atoms with E-state index in [2.05, 4.69) is 30.8 Å². The van der Waals surface area contributed by atoms with E-state index in [1.807, 2.05) is 0 Å². The summed E-state index contributed by atoms with van der Waals surface area (Å²) in [7, 11) is 4.56. The average molecular weight is 225 g/mol. The van der Waals surface area contributed by atoms with Gasteiger partial charge in [-0.05, 0) is 52.7 Å². The van der Waals surface area contributed by atoms with Gasteiger partial charge in [-0.2, -0.15) is 0 Å². The normalized spacial score (nSPS) is 41.1. The minimum absolute atomic E-state index is 0.741. The lowest BCUT2D eigenvalue weighted by Crippen LogP contribution is -2.44.